The summed E-state index contributed by atoms with van der Waals surface area (Å²) in [5.41, 5.74) is -0.670. The molecule has 0 aliphatic carbocycles. The number of carbonyl (C=O) groups excluding carboxylic acids is 2. The van der Waals surface area contributed by atoms with Gasteiger partial charge in [0.25, 0.3) is 6.47 Å². The summed E-state index contributed by atoms with van der Waals surface area (Å²) in [6, 6.07) is 0. The van der Waals surface area contributed by atoms with Crippen LogP contribution >= 0.6 is 0 Å². The summed E-state index contributed by atoms with van der Waals surface area (Å²) in [7, 11) is 2.11. The highest BCUT2D eigenvalue weighted by Crippen LogP contribution is 2.20. The monoisotopic (exact) mass is 315 g/mol. The Labute approximate surface area is 135 Å². The van der Waals surface area contributed by atoms with Gasteiger partial charge in [0.2, 0.25) is 0 Å². The van der Waals surface area contributed by atoms with Gasteiger partial charge in [0.1, 0.15) is 11.2 Å². The van der Waals surface area contributed by atoms with Crippen molar-refractivity contribution in [3.63, 3.8) is 0 Å². The second kappa shape index (κ2) is 9.13. The van der Waals surface area contributed by atoms with Crippen LogP contribution in [-0.4, -0.2) is 48.7 Å². The van der Waals surface area contributed by atoms with E-state index in [1.165, 1.54) is 0 Å². The predicted octanol–water partition coefficient (Wildman–Crippen LogP) is 3.02. The van der Waals surface area contributed by atoms with Gasteiger partial charge in [0.05, 0.1) is 5.92 Å². The fourth-order valence-electron chi connectivity index (χ4n) is 2.01. The highest BCUT2D eigenvalue weighted by molar-refractivity contribution is 5.72. The molecule has 0 bridgehead atoms. The van der Waals surface area contributed by atoms with Crippen LogP contribution in [0.1, 0.15) is 60.8 Å². The second-order valence-corrected chi connectivity index (χ2v) is 7.79. The minimum Gasteiger partial charge on any atom is -0.462 e. The highest BCUT2D eigenvalue weighted by Gasteiger charge is 2.26. The van der Waals surface area contributed by atoms with Crippen LogP contribution in [0.15, 0.2) is 0 Å². The maximum absolute atomic E-state index is 11.8. The van der Waals surface area contributed by atoms with Gasteiger partial charge in [-0.15, -0.1) is 0 Å². The lowest BCUT2D eigenvalue weighted by Gasteiger charge is -2.23. The number of esters is 1. The van der Waals surface area contributed by atoms with Gasteiger partial charge in [-0.1, -0.05) is 0 Å². The van der Waals surface area contributed by atoms with Gasteiger partial charge in [-0.3, -0.25) is 9.59 Å². The molecule has 0 aromatic heterocycles. The van der Waals surface area contributed by atoms with Gasteiger partial charge in [-0.05, 0) is 80.9 Å². The molecule has 0 radical (unpaired) electrons. The Kier molecular flexibility index (Phi) is 8.68. The van der Waals surface area contributed by atoms with E-state index in [0.29, 0.717) is 6.47 Å². The first-order valence-corrected chi connectivity index (χ1v) is 7.97. The molecule has 1 aliphatic rings. The lowest BCUT2D eigenvalue weighted by Crippen LogP contribution is -2.29. The van der Waals surface area contributed by atoms with Crippen molar-refractivity contribution in [3.05, 3.63) is 0 Å². The molecule has 0 aromatic rings. The summed E-state index contributed by atoms with van der Waals surface area (Å²) in [5, 5.41) is 0. The van der Waals surface area contributed by atoms with Gasteiger partial charge in [-0.25, -0.2) is 0 Å². The van der Waals surface area contributed by atoms with Crippen molar-refractivity contribution in [2.45, 2.75) is 72.0 Å². The van der Waals surface area contributed by atoms with Gasteiger partial charge in [0.15, 0.2) is 0 Å². The van der Waals surface area contributed by atoms with Crippen LogP contribution in [0.3, 0.4) is 0 Å². The second-order valence-electron chi connectivity index (χ2n) is 7.79. The fraction of sp³-hybridized carbons (Fsp3) is 0.882. The van der Waals surface area contributed by atoms with Crippen LogP contribution in [0.5, 0.6) is 0 Å². The third kappa shape index (κ3) is 11.5. The van der Waals surface area contributed by atoms with E-state index in [4.69, 9.17) is 4.74 Å². The number of ether oxygens (including phenoxy) is 2. The molecular formula is C17H33NO4. The third-order valence-electron chi connectivity index (χ3n) is 3.09. The fourth-order valence-corrected chi connectivity index (χ4v) is 2.01. The molecule has 22 heavy (non-hydrogen) atoms. The number of likely N-dealkylation sites (tertiary alicyclic amines) is 1. The number of carbonyl (C=O) groups is 2. The largest absolute Gasteiger partial charge is 0.462 e. The third-order valence-corrected chi connectivity index (χ3v) is 3.09. The van der Waals surface area contributed by atoms with E-state index in [9.17, 15) is 9.59 Å². The predicted molar refractivity (Wildman–Crippen MR) is 87.6 cm³/mol. The summed E-state index contributed by atoms with van der Waals surface area (Å²) in [4.78, 5) is 23.7. The molecule has 0 amide bonds. The number of nitrogens with zero attached hydrogens (tertiary/aromatic N) is 1. The summed E-state index contributed by atoms with van der Waals surface area (Å²) in [5.74, 6) is 0.0898. The zero-order valence-corrected chi connectivity index (χ0v) is 15.3. The first-order valence-electron chi connectivity index (χ1n) is 7.97. The Morgan fingerprint density at radius 3 is 2.05 bits per heavy atom. The molecule has 1 unspecified atom stereocenters. The Balaban J connectivity index is 0.000000534. The smallest absolute Gasteiger partial charge is 0.309 e. The van der Waals surface area contributed by atoms with Crippen molar-refractivity contribution >= 4 is 12.4 Å². The van der Waals surface area contributed by atoms with Gasteiger partial charge < -0.3 is 14.4 Å². The molecule has 5 nitrogen and oxygen atoms in total. The zero-order chi connectivity index (χ0) is 17.4. The van der Waals surface area contributed by atoms with Crippen LogP contribution in [-0.2, 0) is 19.1 Å². The summed E-state index contributed by atoms with van der Waals surface area (Å²) in [6.07, 6.45) is 3.01. The van der Waals surface area contributed by atoms with E-state index in [1.807, 2.05) is 41.5 Å². The van der Waals surface area contributed by atoms with E-state index in [0.717, 1.165) is 32.4 Å². The lowest BCUT2D eigenvalue weighted by atomic mass is 10.0. The van der Waals surface area contributed by atoms with Crippen molar-refractivity contribution in [2.24, 2.45) is 5.92 Å². The average molecular weight is 315 g/mol. The standard InChI is InChI=1S/C12H23NO2.C5H10O2/c1-12(2,3)15-11(14)10-6-5-8-13(4)9-7-10;1-5(2,3)7-4-6/h10H,5-9H2,1-4H3;4H,1-3H3. The summed E-state index contributed by atoms with van der Waals surface area (Å²) < 4.78 is 9.96. The Morgan fingerprint density at radius 1 is 1.05 bits per heavy atom. The maximum atomic E-state index is 11.8. The number of hydrogen-bond donors (Lipinski definition) is 0. The minimum absolute atomic E-state index is 0.0159. The first kappa shape index (κ1) is 20.9. The molecule has 1 rings (SSSR count). The molecule has 1 fully saturated rings. The SMILES string of the molecule is CC(C)(C)OC=O.CN1CCCC(C(=O)OC(C)(C)C)CC1. The van der Waals surface area contributed by atoms with Crippen molar-refractivity contribution in [1.29, 1.82) is 0 Å². The number of rotatable bonds is 2. The summed E-state index contributed by atoms with van der Waals surface area (Å²) in [6.45, 7) is 13.8. The molecule has 5 heteroatoms. The molecule has 130 valence electrons. The van der Waals surface area contributed by atoms with Crippen molar-refractivity contribution in [1.82, 2.24) is 4.90 Å². The molecule has 0 aromatic carbocycles. The van der Waals surface area contributed by atoms with Crippen molar-refractivity contribution in [2.75, 3.05) is 20.1 Å². The first-order chi connectivity index (χ1) is 9.94. The molecule has 1 aliphatic heterocycles. The molecule has 0 N–H and O–H groups in total. The van der Waals surface area contributed by atoms with Crippen LogP contribution in [0.25, 0.3) is 0 Å². The molecular weight excluding hydrogens is 282 g/mol. The lowest BCUT2D eigenvalue weighted by molar-refractivity contribution is -0.160. The van der Waals surface area contributed by atoms with Crippen LogP contribution < -0.4 is 0 Å². The minimum atomic E-state index is -0.352. The summed E-state index contributed by atoms with van der Waals surface area (Å²) >= 11 is 0. The van der Waals surface area contributed by atoms with Crippen LogP contribution in [0, 0.1) is 5.92 Å². The zero-order valence-electron chi connectivity index (χ0n) is 15.3. The number of hydrogen-bond acceptors (Lipinski definition) is 5. The molecule has 0 spiro atoms. The quantitative estimate of drug-likeness (QED) is 0.579. The Bertz CT molecular complexity index is 342. The van der Waals surface area contributed by atoms with E-state index >= 15 is 0 Å². The molecule has 1 atom stereocenters. The Hall–Kier alpha value is -1.10. The normalized spacial score (nSPS) is 20.2. The van der Waals surface area contributed by atoms with Gasteiger partial charge in [-0.2, -0.15) is 0 Å². The molecule has 1 saturated heterocycles. The van der Waals surface area contributed by atoms with E-state index in [-0.39, 0.29) is 23.1 Å². The molecule has 1 heterocycles. The van der Waals surface area contributed by atoms with Gasteiger partial charge in [0, 0.05) is 0 Å². The highest BCUT2D eigenvalue weighted by atomic mass is 16.6. The topological polar surface area (TPSA) is 55.8 Å². The van der Waals surface area contributed by atoms with Gasteiger partial charge >= 0.3 is 5.97 Å². The average Bonchev–Trinajstić information content (AvgIpc) is 2.51. The van der Waals surface area contributed by atoms with E-state index in [2.05, 4.69) is 16.7 Å². The van der Waals surface area contributed by atoms with Crippen LogP contribution in [0.2, 0.25) is 0 Å². The van der Waals surface area contributed by atoms with Crippen LogP contribution in [0.4, 0.5) is 0 Å². The Morgan fingerprint density at radius 2 is 1.64 bits per heavy atom. The van der Waals surface area contributed by atoms with E-state index < -0.39 is 0 Å². The van der Waals surface area contributed by atoms with Crippen molar-refractivity contribution < 1.29 is 19.1 Å². The molecule has 0 saturated carbocycles. The van der Waals surface area contributed by atoms with Crippen molar-refractivity contribution in [3.8, 4) is 0 Å². The van der Waals surface area contributed by atoms with E-state index in [1.54, 1.807) is 0 Å². The maximum Gasteiger partial charge on any atom is 0.309 e.